The summed E-state index contributed by atoms with van der Waals surface area (Å²) in [6.45, 7) is 4.38. The molecule has 3 aromatic rings. The fourth-order valence-electron chi connectivity index (χ4n) is 4.58. The summed E-state index contributed by atoms with van der Waals surface area (Å²) in [5.41, 5.74) is 2.23. The van der Waals surface area contributed by atoms with Crippen LogP contribution in [0.3, 0.4) is 0 Å². The number of ether oxygens (including phenoxy) is 1. The highest BCUT2D eigenvalue weighted by molar-refractivity contribution is 7.89. The summed E-state index contributed by atoms with van der Waals surface area (Å²) >= 11 is 0. The van der Waals surface area contributed by atoms with Crippen molar-refractivity contribution in [3.63, 3.8) is 0 Å². The number of benzene rings is 3. The van der Waals surface area contributed by atoms with Gasteiger partial charge in [0.25, 0.3) is 0 Å². The van der Waals surface area contributed by atoms with E-state index in [4.69, 9.17) is 4.74 Å². The Morgan fingerprint density at radius 2 is 1.76 bits per heavy atom. The van der Waals surface area contributed by atoms with Gasteiger partial charge >= 0.3 is 0 Å². The highest BCUT2D eigenvalue weighted by Crippen LogP contribution is 2.36. The van der Waals surface area contributed by atoms with E-state index in [1.54, 1.807) is 37.3 Å². The largest absolute Gasteiger partial charge is 0.487 e. The van der Waals surface area contributed by atoms with Crippen molar-refractivity contribution in [1.82, 2.24) is 9.21 Å². The van der Waals surface area contributed by atoms with Crippen LogP contribution in [0, 0.1) is 17.6 Å². The quantitative estimate of drug-likeness (QED) is 0.486. The number of aliphatic hydroxyl groups excluding tert-OH is 1. The zero-order valence-corrected chi connectivity index (χ0v) is 22.0. The third-order valence-electron chi connectivity index (χ3n) is 6.68. The van der Waals surface area contributed by atoms with Crippen molar-refractivity contribution in [1.29, 1.82) is 0 Å². The van der Waals surface area contributed by atoms with Crippen LogP contribution in [0.15, 0.2) is 71.6 Å². The van der Waals surface area contributed by atoms with Gasteiger partial charge in [0, 0.05) is 31.6 Å². The summed E-state index contributed by atoms with van der Waals surface area (Å²) in [4.78, 5) is 2.03. The van der Waals surface area contributed by atoms with Crippen molar-refractivity contribution >= 4 is 10.0 Å². The van der Waals surface area contributed by atoms with Crippen molar-refractivity contribution in [2.45, 2.75) is 37.4 Å². The van der Waals surface area contributed by atoms with E-state index in [0.29, 0.717) is 18.7 Å². The maximum absolute atomic E-state index is 13.7. The summed E-state index contributed by atoms with van der Waals surface area (Å²) in [5.74, 6) is -0.686. The SMILES string of the molecule is C[C@H]1CN([C@@H](C)CO)S(=O)(=O)c2ccc(-c3ccc(F)cc3)cc2O[C@@H]1CN(C)Cc1cccc(F)c1. The van der Waals surface area contributed by atoms with E-state index in [9.17, 15) is 22.3 Å². The zero-order chi connectivity index (χ0) is 26.7. The first kappa shape index (κ1) is 27.2. The van der Waals surface area contributed by atoms with Gasteiger partial charge in [-0.3, -0.25) is 4.90 Å². The average Bonchev–Trinajstić information content (AvgIpc) is 2.86. The third-order valence-corrected chi connectivity index (χ3v) is 8.70. The molecule has 0 saturated carbocycles. The molecular weight excluding hydrogens is 498 g/mol. The minimum Gasteiger partial charge on any atom is -0.487 e. The molecule has 1 heterocycles. The number of nitrogens with zero attached hydrogens (tertiary/aromatic N) is 2. The maximum atomic E-state index is 13.7. The molecule has 1 aliphatic rings. The Hall–Kier alpha value is -2.85. The van der Waals surface area contributed by atoms with Crippen molar-refractivity contribution in [3.05, 3.63) is 83.9 Å². The number of sulfonamides is 1. The Morgan fingerprint density at radius 3 is 2.43 bits per heavy atom. The van der Waals surface area contributed by atoms with Crippen LogP contribution in [0.1, 0.15) is 19.4 Å². The molecule has 0 spiro atoms. The summed E-state index contributed by atoms with van der Waals surface area (Å²) in [7, 11) is -2.06. The molecule has 0 aromatic heterocycles. The Labute approximate surface area is 217 Å². The first-order chi connectivity index (χ1) is 17.6. The fourth-order valence-corrected chi connectivity index (χ4v) is 6.41. The number of rotatable bonds is 7. The number of hydrogen-bond acceptors (Lipinski definition) is 5. The average molecular weight is 531 g/mol. The number of fused-ring (bicyclic) bond motifs is 1. The third kappa shape index (κ3) is 6.18. The molecule has 0 aliphatic carbocycles. The second-order valence-corrected chi connectivity index (χ2v) is 11.6. The lowest BCUT2D eigenvalue weighted by atomic mass is 10.0. The summed E-state index contributed by atoms with van der Waals surface area (Å²) in [6.07, 6.45) is -0.398. The molecule has 0 amide bonds. The summed E-state index contributed by atoms with van der Waals surface area (Å²) < 4.78 is 62.2. The molecule has 0 unspecified atom stereocenters. The Kier molecular flexibility index (Phi) is 8.28. The molecule has 0 saturated heterocycles. The summed E-state index contributed by atoms with van der Waals surface area (Å²) in [6, 6.07) is 16.6. The van der Waals surface area contributed by atoms with Crippen LogP contribution < -0.4 is 4.74 Å². The predicted octanol–water partition coefficient (Wildman–Crippen LogP) is 4.53. The van der Waals surface area contributed by atoms with Gasteiger partial charge in [-0.15, -0.1) is 0 Å². The summed E-state index contributed by atoms with van der Waals surface area (Å²) in [5, 5.41) is 9.82. The lowest BCUT2D eigenvalue weighted by Gasteiger charge is -2.37. The van der Waals surface area contributed by atoms with Crippen molar-refractivity contribution < 1.29 is 27.0 Å². The van der Waals surface area contributed by atoms with E-state index >= 15 is 0 Å². The Bertz CT molecular complexity index is 1330. The lowest BCUT2D eigenvalue weighted by Crippen LogP contribution is -2.49. The molecule has 0 bridgehead atoms. The first-order valence-corrected chi connectivity index (χ1v) is 13.6. The lowest BCUT2D eigenvalue weighted by molar-refractivity contribution is 0.0734. The highest BCUT2D eigenvalue weighted by atomic mass is 32.2. The Morgan fingerprint density at radius 1 is 1.05 bits per heavy atom. The van der Waals surface area contributed by atoms with Crippen LogP contribution in [0.4, 0.5) is 8.78 Å². The Balaban J connectivity index is 1.71. The van der Waals surface area contributed by atoms with Gasteiger partial charge < -0.3 is 9.84 Å². The second-order valence-electron chi connectivity index (χ2n) is 9.73. The van der Waals surface area contributed by atoms with Crippen LogP contribution in [0.25, 0.3) is 11.1 Å². The minimum absolute atomic E-state index is 0.0170. The molecule has 1 N–H and O–H groups in total. The van der Waals surface area contributed by atoms with Crippen LogP contribution in [-0.4, -0.2) is 61.6 Å². The van der Waals surface area contributed by atoms with Gasteiger partial charge in [-0.2, -0.15) is 4.31 Å². The van der Waals surface area contributed by atoms with Crippen molar-refractivity contribution in [2.24, 2.45) is 5.92 Å². The van der Waals surface area contributed by atoms with Gasteiger partial charge in [0.1, 0.15) is 28.4 Å². The number of aliphatic hydroxyl groups is 1. The van der Waals surface area contributed by atoms with E-state index < -0.39 is 22.2 Å². The van der Waals surface area contributed by atoms with Gasteiger partial charge in [0.2, 0.25) is 10.0 Å². The van der Waals surface area contributed by atoms with E-state index in [0.717, 1.165) is 11.1 Å². The molecule has 1 aliphatic heterocycles. The minimum atomic E-state index is -3.96. The first-order valence-electron chi connectivity index (χ1n) is 12.2. The molecule has 9 heteroatoms. The molecule has 4 rings (SSSR count). The van der Waals surface area contributed by atoms with Crippen LogP contribution in [0.5, 0.6) is 5.75 Å². The predicted molar refractivity (Wildman–Crippen MR) is 139 cm³/mol. The van der Waals surface area contributed by atoms with E-state index in [2.05, 4.69) is 0 Å². The molecule has 0 radical (unpaired) electrons. The van der Waals surface area contributed by atoms with Gasteiger partial charge in [-0.05, 0) is 67.1 Å². The van der Waals surface area contributed by atoms with Crippen LogP contribution in [-0.2, 0) is 16.6 Å². The molecule has 3 atom stereocenters. The second kappa shape index (κ2) is 11.3. The fraction of sp³-hybridized carbons (Fsp3) is 0.357. The van der Waals surface area contributed by atoms with E-state index in [-0.39, 0.29) is 41.3 Å². The topological polar surface area (TPSA) is 70.1 Å². The number of likely N-dealkylation sites (N-methyl/N-ethyl adjacent to an activating group) is 1. The van der Waals surface area contributed by atoms with Gasteiger partial charge in [-0.1, -0.05) is 37.3 Å². The van der Waals surface area contributed by atoms with Crippen molar-refractivity contribution in [3.8, 4) is 16.9 Å². The van der Waals surface area contributed by atoms with Gasteiger partial charge in [0.15, 0.2) is 0 Å². The number of halogens is 2. The molecule has 0 fully saturated rings. The van der Waals surface area contributed by atoms with Gasteiger partial charge in [0.05, 0.1) is 6.61 Å². The van der Waals surface area contributed by atoms with Crippen LogP contribution in [0.2, 0.25) is 0 Å². The van der Waals surface area contributed by atoms with E-state index in [1.165, 1.54) is 34.6 Å². The highest BCUT2D eigenvalue weighted by Gasteiger charge is 2.38. The monoisotopic (exact) mass is 530 g/mol. The molecule has 198 valence electrons. The van der Waals surface area contributed by atoms with Crippen LogP contribution >= 0.6 is 0 Å². The molecule has 37 heavy (non-hydrogen) atoms. The van der Waals surface area contributed by atoms with Gasteiger partial charge in [-0.25, -0.2) is 17.2 Å². The molecule has 6 nitrogen and oxygen atoms in total. The normalized spacial score (nSPS) is 20.5. The standard InChI is InChI=1S/C28H32F2N2O4S/c1-19-15-32(20(2)18-33)37(34,35)28-12-9-23(22-7-10-24(29)11-8-22)14-26(28)36-27(19)17-31(3)16-21-5-4-6-25(30)13-21/h4-14,19-20,27,33H,15-18H2,1-3H3/t19-,20-,27+/m0/s1. The smallest absolute Gasteiger partial charge is 0.247 e. The molecular formula is C28H32F2N2O4S. The maximum Gasteiger partial charge on any atom is 0.247 e. The van der Waals surface area contributed by atoms with E-state index in [1.807, 2.05) is 24.9 Å². The molecule has 3 aromatic carbocycles. The van der Waals surface area contributed by atoms with Crippen molar-refractivity contribution in [2.75, 3.05) is 26.7 Å². The zero-order valence-electron chi connectivity index (χ0n) is 21.1. The number of hydrogen-bond donors (Lipinski definition) is 1.